The summed E-state index contributed by atoms with van der Waals surface area (Å²) >= 11 is 0. The van der Waals surface area contributed by atoms with Gasteiger partial charge in [0.1, 0.15) is 24.4 Å². The lowest BCUT2D eigenvalue weighted by Crippen LogP contribution is -2.66. The molecule has 1 aliphatic carbocycles. The Morgan fingerprint density at radius 1 is 0.825 bits per heavy atom. The van der Waals surface area contributed by atoms with Crippen molar-refractivity contribution in [1.82, 2.24) is 0 Å². The van der Waals surface area contributed by atoms with Crippen LogP contribution in [-0.2, 0) is 38.1 Å². The molecule has 2 fully saturated rings. The zero-order valence-electron chi connectivity index (χ0n) is 21.0. The fourth-order valence-electron chi connectivity index (χ4n) is 4.26. The highest BCUT2D eigenvalue weighted by Gasteiger charge is 2.61. The summed E-state index contributed by atoms with van der Waals surface area (Å²) in [6.45, 7) is 1.79. The molecule has 0 N–H and O–H groups in total. The first kappa shape index (κ1) is 31.6. The third kappa shape index (κ3) is 7.51. The molecule has 0 spiro atoms. The Kier molecular flexibility index (Phi) is 11.1. The van der Waals surface area contributed by atoms with E-state index < -0.39 is 85.3 Å². The van der Waals surface area contributed by atoms with Crippen LogP contribution in [0.15, 0.2) is 20.5 Å². The minimum absolute atomic E-state index is 0.348. The molecule has 0 bridgehead atoms. The van der Waals surface area contributed by atoms with Gasteiger partial charge >= 0.3 is 23.8 Å². The van der Waals surface area contributed by atoms with E-state index in [1.165, 1.54) is 0 Å². The van der Waals surface area contributed by atoms with Crippen molar-refractivity contribution >= 4 is 17.9 Å². The second-order valence-corrected chi connectivity index (χ2v) is 8.34. The SMILES string of the molecule is CC(=O)OC1C(N=[N+]=[N-])CC(N=[N+]=[N-])C(OC2OC(CN=[N+]=[N-])C(F)(F)C(OC(C)=O)C2N=[N+]=[N-])C1OC(C)=O. The molecule has 0 radical (unpaired) electrons. The van der Waals surface area contributed by atoms with E-state index in [4.69, 9.17) is 45.8 Å². The summed E-state index contributed by atoms with van der Waals surface area (Å²) in [6, 6.07) is -4.69. The average Bonchev–Trinajstić information content (AvgIpc) is 2.85. The Morgan fingerprint density at radius 2 is 1.35 bits per heavy atom. The number of carbonyl (C=O) groups is 3. The molecule has 1 saturated carbocycles. The Labute approximate surface area is 222 Å². The van der Waals surface area contributed by atoms with Gasteiger partial charge in [-0.2, -0.15) is 8.78 Å². The average molecular weight is 572 g/mol. The lowest BCUT2D eigenvalue weighted by Gasteiger charge is -2.47. The lowest BCUT2D eigenvalue weighted by molar-refractivity contribution is -0.326. The fourth-order valence-corrected chi connectivity index (χ4v) is 4.26. The van der Waals surface area contributed by atoms with Crippen LogP contribution in [0.5, 0.6) is 0 Å². The van der Waals surface area contributed by atoms with Gasteiger partial charge in [0.2, 0.25) is 0 Å². The number of carbonyl (C=O) groups excluding carboxylic acids is 3. The summed E-state index contributed by atoms with van der Waals surface area (Å²) in [5, 5.41) is 13.4. The summed E-state index contributed by atoms with van der Waals surface area (Å²) < 4.78 is 56.9. The van der Waals surface area contributed by atoms with Crippen LogP contribution in [0, 0.1) is 0 Å². The van der Waals surface area contributed by atoms with Gasteiger partial charge in [0.25, 0.3) is 0 Å². The molecular formula is C18H22F2N12O8. The van der Waals surface area contributed by atoms with Gasteiger partial charge in [0.15, 0.2) is 18.5 Å². The molecule has 9 atom stereocenters. The molecule has 22 heteroatoms. The number of ether oxygens (including phenoxy) is 5. The summed E-state index contributed by atoms with van der Waals surface area (Å²) in [6.07, 6.45) is -12.0. The molecule has 216 valence electrons. The Balaban J connectivity index is 2.67. The van der Waals surface area contributed by atoms with Crippen LogP contribution in [0.4, 0.5) is 8.78 Å². The maximum atomic E-state index is 15.3. The van der Waals surface area contributed by atoms with Gasteiger partial charge in [-0.15, -0.1) is 0 Å². The number of halogens is 2. The molecule has 40 heavy (non-hydrogen) atoms. The zero-order chi connectivity index (χ0) is 30.0. The first-order chi connectivity index (χ1) is 18.9. The smallest absolute Gasteiger partial charge is 0.310 e. The lowest BCUT2D eigenvalue weighted by atomic mass is 9.83. The number of alkyl halides is 2. The molecule has 0 aromatic carbocycles. The van der Waals surface area contributed by atoms with Crippen molar-refractivity contribution < 1.29 is 46.8 Å². The van der Waals surface area contributed by atoms with Crippen molar-refractivity contribution in [3.8, 4) is 0 Å². The Morgan fingerprint density at radius 3 is 1.85 bits per heavy atom. The highest BCUT2D eigenvalue weighted by Crippen LogP contribution is 2.41. The molecule has 0 aromatic heterocycles. The van der Waals surface area contributed by atoms with Crippen LogP contribution in [0.25, 0.3) is 41.8 Å². The summed E-state index contributed by atoms with van der Waals surface area (Å²) in [4.78, 5) is 45.7. The summed E-state index contributed by atoms with van der Waals surface area (Å²) in [5.41, 5.74) is 35.8. The number of hydrogen-bond acceptors (Lipinski definition) is 12. The number of esters is 3. The predicted molar refractivity (Wildman–Crippen MR) is 123 cm³/mol. The molecule has 1 heterocycles. The van der Waals surface area contributed by atoms with E-state index in [1.54, 1.807) is 0 Å². The summed E-state index contributed by atoms with van der Waals surface area (Å²) in [5.74, 6) is -7.12. The Hall–Kier alpha value is -4.57. The maximum absolute atomic E-state index is 15.3. The van der Waals surface area contributed by atoms with Crippen LogP contribution >= 0.6 is 0 Å². The molecule has 1 saturated heterocycles. The molecule has 0 aromatic rings. The third-order valence-corrected chi connectivity index (χ3v) is 5.67. The van der Waals surface area contributed by atoms with E-state index >= 15 is 8.78 Å². The van der Waals surface area contributed by atoms with Gasteiger partial charge in [-0.25, -0.2) is 0 Å². The molecule has 1 aliphatic heterocycles. The molecular weight excluding hydrogens is 550 g/mol. The van der Waals surface area contributed by atoms with E-state index in [0.717, 1.165) is 20.8 Å². The first-order valence-electron chi connectivity index (χ1n) is 11.2. The van der Waals surface area contributed by atoms with Crippen molar-refractivity contribution in [2.24, 2.45) is 20.5 Å². The highest BCUT2D eigenvalue weighted by atomic mass is 19.3. The fraction of sp³-hybridized carbons (Fsp3) is 0.833. The van der Waals surface area contributed by atoms with Crippen LogP contribution in [0.1, 0.15) is 27.2 Å². The molecule has 9 unspecified atom stereocenters. The predicted octanol–water partition coefficient (Wildman–Crippen LogP) is 3.28. The number of azide groups is 4. The quantitative estimate of drug-likeness (QED) is 0.123. The second-order valence-electron chi connectivity index (χ2n) is 8.34. The van der Waals surface area contributed by atoms with E-state index in [9.17, 15) is 14.4 Å². The molecule has 2 aliphatic rings. The molecule has 20 nitrogen and oxygen atoms in total. The van der Waals surface area contributed by atoms with E-state index in [-0.39, 0.29) is 6.42 Å². The normalized spacial score (nSPS) is 32.4. The van der Waals surface area contributed by atoms with Crippen molar-refractivity contribution in [1.29, 1.82) is 0 Å². The molecule has 2 rings (SSSR count). The van der Waals surface area contributed by atoms with Gasteiger partial charge in [-0.3, -0.25) is 14.4 Å². The topological polar surface area (TPSA) is 292 Å². The highest BCUT2D eigenvalue weighted by molar-refractivity contribution is 5.67. The minimum Gasteiger partial charge on any atom is -0.458 e. The summed E-state index contributed by atoms with van der Waals surface area (Å²) in [7, 11) is 0. The Bertz CT molecular complexity index is 1180. The molecule has 0 amide bonds. The number of hydrogen-bond donors (Lipinski definition) is 0. The van der Waals surface area contributed by atoms with Crippen LogP contribution in [-0.4, -0.2) is 85.3 Å². The van der Waals surface area contributed by atoms with Crippen molar-refractivity contribution in [2.75, 3.05) is 6.54 Å². The van der Waals surface area contributed by atoms with Crippen molar-refractivity contribution in [3.05, 3.63) is 41.8 Å². The zero-order valence-corrected chi connectivity index (χ0v) is 21.0. The second kappa shape index (κ2) is 14.0. The maximum Gasteiger partial charge on any atom is 0.310 e. The standard InChI is InChI=1S/C18H22F2N12O8/c1-6(33)36-13-9(26-30-22)4-10(27-31-23)14(15(13)37-7(2)34)40-17-12(28-32-24)16(38-8(3)35)18(19,20)11(39-17)5-25-29-21/h9-17H,4-5H2,1-3H3. The van der Waals surface area contributed by atoms with Gasteiger partial charge in [0.05, 0.1) is 18.6 Å². The van der Waals surface area contributed by atoms with Crippen molar-refractivity contribution in [2.45, 2.75) is 88.0 Å². The van der Waals surface area contributed by atoms with E-state index in [2.05, 4.69) is 40.1 Å². The van der Waals surface area contributed by atoms with Crippen LogP contribution < -0.4 is 0 Å². The van der Waals surface area contributed by atoms with Crippen molar-refractivity contribution in [3.63, 3.8) is 0 Å². The van der Waals surface area contributed by atoms with Gasteiger partial charge in [-0.05, 0) is 28.5 Å². The largest absolute Gasteiger partial charge is 0.458 e. The number of nitrogens with zero attached hydrogens (tertiary/aromatic N) is 12. The van der Waals surface area contributed by atoms with E-state index in [1.807, 2.05) is 0 Å². The van der Waals surface area contributed by atoms with Gasteiger partial charge in [-0.1, -0.05) is 20.5 Å². The first-order valence-corrected chi connectivity index (χ1v) is 11.2. The number of rotatable bonds is 10. The monoisotopic (exact) mass is 572 g/mol. The third-order valence-electron chi connectivity index (χ3n) is 5.67. The van der Waals surface area contributed by atoms with Crippen LogP contribution in [0.2, 0.25) is 0 Å². The van der Waals surface area contributed by atoms with Crippen LogP contribution in [0.3, 0.4) is 0 Å². The van der Waals surface area contributed by atoms with E-state index in [0.29, 0.717) is 0 Å². The van der Waals surface area contributed by atoms with Gasteiger partial charge in [0, 0.05) is 40.4 Å². The van der Waals surface area contributed by atoms with Gasteiger partial charge < -0.3 is 23.7 Å². The minimum atomic E-state index is -4.07.